The van der Waals surface area contributed by atoms with Crippen molar-refractivity contribution < 1.29 is 13.2 Å². The zero-order valence-electron chi connectivity index (χ0n) is 16.2. The number of sulfonamides is 1. The van der Waals surface area contributed by atoms with Gasteiger partial charge in [-0.25, -0.2) is 18.1 Å². The van der Waals surface area contributed by atoms with E-state index in [-0.39, 0.29) is 4.90 Å². The van der Waals surface area contributed by atoms with Gasteiger partial charge < -0.3 is 4.74 Å². The van der Waals surface area contributed by atoms with Crippen LogP contribution in [-0.2, 0) is 16.4 Å². The molecule has 0 amide bonds. The highest BCUT2D eigenvalue weighted by Gasteiger charge is 2.15. The molecular weight excluding hydrogens is 392 g/mol. The Morgan fingerprint density at radius 2 is 1.71 bits per heavy atom. The van der Waals surface area contributed by atoms with Crippen LogP contribution in [0.25, 0.3) is 10.6 Å². The highest BCUT2D eigenvalue weighted by atomic mass is 32.2. The fraction of sp³-hybridized carbons (Fsp3) is 0.286. The molecule has 7 heteroatoms. The minimum absolute atomic E-state index is 0.234. The summed E-state index contributed by atoms with van der Waals surface area (Å²) in [6.07, 6.45) is 0.603. The SMILES string of the molecule is CCOc1ccc(S(=O)(=O)NCCc2sc(-c3ccc(C)cc3)nc2C)cc1. The smallest absolute Gasteiger partial charge is 0.240 e. The number of rotatable bonds is 8. The molecule has 1 aromatic heterocycles. The number of aromatic nitrogens is 1. The van der Waals surface area contributed by atoms with Gasteiger partial charge in [0.15, 0.2) is 0 Å². The van der Waals surface area contributed by atoms with Crippen molar-refractivity contribution in [1.82, 2.24) is 9.71 Å². The lowest BCUT2D eigenvalue weighted by atomic mass is 10.2. The average molecular weight is 417 g/mol. The molecule has 0 fully saturated rings. The minimum Gasteiger partial charge on any atom is -0.494 e. The minimum atomic E-state index is -3.55. The van der Waals surface area contributed by atoms with E-state index in [1.165, 1.54) is 5.56 Å². The van der Waals surface area contributed by atoms with Crippen LogP contribution in [0.3, 0.4) is 0 Å². The van der Waals surface area contributed by atoms with E-state index in [0.29, 0.717) is 25.3 Å². The van der Waals surface area contributed by atoms with Crippen LogP contribution in [0.1, 0.15) is 23.1 Å². The molecule has 0 radical (unpaired) electrons. The maximum Gasteiger partial charge on any atom is 0.240 e. The van der Waals surface area contributed by atoms with E-state index in [2.05, 4.69) is 40.9 Å². The number of ether oxygens (including phenoxy) is 1. The number of nitrogens with one attached hydrogen (secondary N) is 1. The van der Waals surface area contributed by atoms with Crippen LogP contribution in [0.5, 0.6) is 5.75 Å². The molecule has 0 atom stereocenters. The summed E-state index contributed by atoms with van der Waals surface area (Å²) < 4.78 is 33.0. The van der Waals surface area contributed by atoms with Crippen molar-refractivity contribution in [3.8, 4) is 16.3 Å². The first-order valence-electron chi connectivity index (χ1n) is 9.15. The zero-order valence-corrected chi connectivity index (χ0v) is 17.9. The second-order valence-electron chi connectivity index (χ2n) is 6.45. The summed E-state index contributed by atoms with van der Waals surface area (Å²) in [5.41, 5.74) is 3.24. The van der Waals surface area contributed by atoms with Crippen molar-refractivity contribution in [3.05, 3.63) is 64.7 Å². The van der Waals surface area contributed by atoms with Crippen LogP contribution in [0.2, 0.25) is 0 Å². The maximum atomic E-state index is 12.5. The van der Waals surface area contributed by atoms with E-state index in [9.17, 15) is 8.42 Å². The lowest BCUT2D eigenvalue weighted by Crippen LogP contribution is -2.25. The number of thiazole rings is 1. The van der Waals surface area contributed by atoms with Gasteiger partial charge in [0.25, 0.3) is 0 Å². The molecule has 28 heavy (non-hydrogen) atoms. The molecule has 0 spiro atoms. The largest absolute Gasteiger partial charge is 0.494 e. The predicted molar refractivity (Wildman–Crippen MR) is 114 cm³/mol. The summed E-state index contributed by atoms with van der Waals surface area (Å²) >= 11 is 1.61. The summed E-state index contributed by atoms with van der Waals surface area (Å²) in [4.78, 5) is 5.96. The molecule has 0 bridgehead atoms. The molecule has 0 aliphatic rings. The van der Waals surface area contributed by atoms with Gasteiger partial charge in [0.2, 0.25) is 10.0 Å². The number of aryl methyl sites for hydroxylation is 2. The van der Waals surface area contributed by atoms with Crippen LogP contribution in [0, 0.1) is 13.8 Å². The Labute approximate surface area is 170 Å². The van der Waals surface area contributed by atoms with Gasteiger partial charge >= 0.3 is 0 Å². The molecular formula is C21H24N2O3S2. The maximum absolute atomic E-state index is 12.5. The van der Waals surface area contributed by atoms with E-state index in [0.717, 1.165) is 21.1 Å². The summed E-state index contributed by atoms with van der Waals surface area (Å²) in [5.74, 6) is 0.658. The molecule has 3 aromatic rings. The Balaban J connectivity index is 1.63. The lowest BCUT2D eigenvalue weighted by molar-refractivity contribution is 0.340. The van der Waals surface area contributed by atoms with Gasteiger partial charge in [0.1, 0.15) is 10.8 Å². The van der Waals surface area contributed by atoms with Gasteiger partial charge in [0, 0.05) is 17.0 Å². The number of hydrogen-bond acceptors (Lipinski definition) is 5. The average Bonchev–Trinajstić information content (AvgIpc) is 3.04. The van der Waals surface area contributed by atoms with Gasteiger partial charge in [-0.15, -0.1) is 11.3 Å². The van der Waals surface area contributed by atoms with Crippen LogP contribution in [0.4, 0.5) is 0 Å². The molecule has 0 unspecified atom stereocenters. The van der Waals surface area contributed by atoms with E-state index in [4.69, 9.17) is 4.74 Å². The van der Waals surface area contributed by atoms with Crippen LogP contribution >= 0.6 is 11.3 Å². The van der Waals surface area contributed by atoms with Gasteiger partial charge in [-0.1, -0.05) is 29.8 Å². The first-order chi connectivity index (χ1) is 13.4. The Morgan fingerprint density at radius 1 is 1.04 bits per heavy atom. The number of benzene rings is 2. The lowest BCUT2D eigenvalue weighted by Gasteiger charge is -2.08. The van der Waals surface area contributed by atoms with Crippen molar-refractivity contribution in [3.63, 3.8) is 0 Å². The van der Waals surface area contributed by atoms with Gasteiger partial charge in [-0.3, -0.25) is 0 Å². The van der Waals surface area contributed by atoms with Crippen LogP contribution in [0.15, 0.2) is 53.4 Å². The first-order valence-corrected chi connectivity index (χ1v) is 11.4. The summed E-state index contributed by atoms with van der Waals surface area (Å²) in [5, 5.41) is 0.960. The Hall–Kier alpha value is -2.22. The van der Waals surface area contributed by atoms with Crippen molar-refractivity contribution in [2.24, 2.45) is 0 Å². The van der Waals surface area contributed by atoms with Crippen LogP contribution < -0.4 is 9.46 Å². The Morgan fingerprint density at radius 3 is 2.36 bits per heavy atom. The monoisotopic (exact) mass is 416 g/mol. The fourth-order valence-corrected chi connectivity index (χ4v) is 4.84. The summed E-state index contributed by atoms with van der Waals surface area (Å²) in [7, 11) is -3.55. The van der Waals surface area contributed by atoms with E-state index in [1.54, 1.807) is 35.6 Å². The van der Waals surface area contributed by atoms with E-state index >= 15 is 0 Å². The standard InChI is InChI=1S/C21H24N2O3S2/c1-4-26-18-9-11-19(12-10-18)28(24,25)22-14-13-20-16(3)23-21(27-20)17-7-5-15(2)6-8-17/h5-12,22H,4,13-14H2,1-3H3. The quantitative estimate of drug-likeness (QED) is 0.593. The van der Waals surface area contributed by atoms with Crippen molar-refractivity contribution in [2.45, 2.75) is 32.1 Å². The summed E-state index contributed by atoms with van der Waals surface area (Å²) in [6, 6.07) is 14.7. The molecule has 5 nitrogen and oxygen atoms in total. The van der Waals surface area contributed by atoms with Gasteiger partial charge in [-0.2, -0.15) is 0 Å². The molecule has 3 rings (SSSR count). The third-order valence-corrected chi connectivity index (χ3v) is 7.02. The molecule has 1 N–H and O–H groups in total. The first kappa shape index (κ1) is 20.5. The topological polar surface area (TPSA) is 68.3 Å². The Bertz CT molecular complexity index is 1020. The second kappa shape index (κ2) is 8.86. The van der Waals surface area contributed by atoms with Crippen LogP contribution in [-0.4, -0.2) is 26.6 Å². The number of hydrogen-bond donors (Lipinski definition) is 1. The number of nitrogens with zero attached hydrogens (tertiary/aromatic N) is 1. The highest BCUT2D eigenvalue weighted by Crippen LogP contribution is 2.28. The van der Waals surface area contributed by atoms with E-state index in [1.807, 2.05) is 13.8 Å². The van der Waals surface area contributed by atoms with Gasteiger partial charge in [-0.05, 0) is 51.5 Å². The molecule has 2 aromatic carbocycles. The molecule has 0 aliphatic carbocycles. The van der Waals surface area contributed by atoms with Crippen molar-refractivity contribution in [2.75, 3.05) is 13.2 Å². The third-order valence-electron chi connectivity index (χ3n) is 4.28. The Kier molecular flexibility index (Phi) is 6.49. The molecule has 0 saturated heterocycles. The normalized spacial score (nSPS) is 11.5. The second-order valence-corrected chi connectivity index (χ2v) is 9.30. The zero-order chi connectivity index (χ0) is 20.1. The molecule has 0 saturated carbocycles. The molecule has 148 valence electrons. The van der Waals surface area contributed by atoms with Crippen molar-refractivity contribution >= 4 is 21.4 Å². The molecule has 0 aliphatic heterocycles. The van der Waals surface area contributed by atoms with Gasteiger partial charge in [0.05, 0.1) is 17.2 Å². The fourth-order valence-electron chi connectivity index (χ4n) is 2.74. The van der Waals surface area contributed by atoms with E-state index < -0.39 is 10.0 Å². The third kappa shape index (κ3) is 4.98. The van der Waals surface area contributed by atoms with Crippen molar-refractivity contribution in [1.29, 1.82) is 0 Å². The predicted octanol–water partition coefficient (Wildman–Crippen LogP) is 4.35. The molecule has 1 heterocycles. The summed E-state index contributed by atoms with van der Waals surface area (Å²) in [6.45, 7) is 6.77. The highest BCUT2D eigenvalue weighted by molar-refractivity contribution is 7.89.